The summed E-state index contributed by atoms with van der Waals surface area (Å²) in [5.41, 5.74) is 1.68. The van der Waals surface area contributed by atoms with Crippen molar-refractivity contribution in [2.75, 3.05) is 6.61 Å². The lowest BCUT2D eigenvalue weighted by Gasteiger charge is -2.15. The van der Waals surface area contributed by atoms with Crippen LogP contribution < -0.4 is 10.1 Å². The lowest BCUT2D eigenvalue weighted by molar-refractivity contribution is -0.123. The van der Waals surface area contributed by atoms with Gasteiger partial charge >= 0.3 is 0 Å². The Hall–Kier alpha value is -2.43. The van der Waals surface area contributed by atoms with E-state index in [0.717, 1.165) is 18.6 Å². The van der Waals surface area contributed by atoms with E-state index in [9.17, 15) is 13.6 Å². The molecule has 0 aliphatic rings. The summed E-state index contributed by atoms with van der Waals surface area (Å²) < 4.78 is 31.5. The van der Waals surface area contributed by atoms with Gasteiger partial charge in [-0.05, 0) is 48.7 Å². The van der Waals surface area contributed by atoms with E-state index < -0.39 is 17.7 Å². The maximum Gasteiger partial charge on any atom is 0.258 e. The summed E-state index contributed by atoms with van der Waals surface area (Å²) in [6.45, 7) is 3.61. The number of ether oxygens (including phenoxy) is 1. The van der Waals surface area contributed by atoms with Crippen LogP contribution in [-0.2, 0) is 11.2 Å². The number of aryl methyl sites for hydroxylation is 1. The first-order valence-corrected chi connectivity index (χ1v) is 7.45. The predicted molar refractivity (Wildman–Crippen MR) is 84.2 cm³/mol. The van der Waals surface area contributed by atoms with E-state index in [0.29, 0.717) is 11.3 Å². The molecule has 2 aromatic rings. The van der Waals surface area contributed by atoms with Gasteiger partial charge in [0.2, 0.25) is 0 Å². The number of carbonyl (C=O) groups excluding carboxylic acids is 1. The van der Waals surface area contributed by atoms with E-state index in [4.69, 9.17) is 4.74 Å². The molecule has 0 spiro atoms. The lowest BCUT2D eigenvalue weighted by Crippen LogP contribution is -2.31. The van der Waals surface area contributed by atoms with Gasteiger partial charge in [0.05, 0.1) is 6.04 Å². The Labute approximate surface area is 134 Å². The first-order valence-electron chi connectivity index (χ1n) is 7.45. The van der Waals surface area contributed by atoms with E-state index in [1.165, 1.54) is 11.6 Å². The Morgan fingerprint density at radius 2 is 1.83 bits per heavy atom. The van der Waals surface area contributed by atoms with Crippen molar-refractivity contribution in [3.8, 4) is 5.75 Å². The van der Waals surface area contributed by atoms with Crippen LogP contribution in [0.25, 0.3) is 0 Å². The summed E-state index contributed by atoms with van der Waals surface area (Å²) in [5, 5.41) is 2.68. The molecule has 0 aliphatic carbocycles. The molecule has 1 atom stereocenters. The van der Waals surface area contributed by atoms with E-state index in [-0.39, 0.29) is 12.5 Å². The molecule has 0 fully saturated rings. The molecule has 2 rings (SSSR count). The minimum absolute atomic E-state index is 0.139. The molecule has 1 amide bonds. The second kappa shape index (κ2) is 7.72. The number of benzene rings is 2. The van der Waals surface area contributed by atoms with Gasteiger partial charge in [-0.15, -0.1) is 0 Å². The Morgan fingerprint density at radius 3 is 2.43 bits per heavy atom. The Morgan fingerprint density at radius 1 is 1.13 bits per heavy atom. The number of halogens is 2. The number of rotatable bonds is 6. The van der Waals surface area contributed by atoms with Crippen LogP contribution in [0.1, 0.15) is 31.0 Å². The highest BCUT2D eigenvalue weighted by Gasteiger charge is 2.12. The fourth-order valence-electron chi connectivity index (χ4n) is 2.12. The van der Waals surface area contributed by atoms with Crippen LogP contribution >= 0.6 is 0 Å². The normalized spacial score (nSPS) is 11.8. The molecule has 1 unspecified atom stereocenters. The molecule has 0 saturated carbocycles. The average Bonchev–Trinajstić information content (AvgIpc) is 2.55. The number of amides is 1. The van der Waals surface area contributed by atoms with Crippen molar-refractivity contribution in [2.45, 2.75) is 26.3 Å². The number of hydrogen-bond acceptors (Lipinski definition) is 2. The third-order valence-corrected chi connectivity index (χ3v) is 3.52. The van der Waals surface area contributed by atoms with Gasteiger partial charge in [0, 0.05) is 0 Å². The van der Waals surface area contributed by atoms with Gasteiger partial charge in [-0.25, -0.2) is 8.78 Å². The standard InChI is InChI=1S/C18H19F2NO2/c1-3-13-4-7-15(8-5-13)23-11-18(22)21-12(2)14-6-9-16(19)17(20)10-14/h4-10,12H,3,11H2,1-2H3,(H,21,22). The molecule has 0 aromatic heterocycles. The molecule has 2 aromatic carbocycles. The molecule has 0 heterocycles. The van der Waals surface area contributed by atoms with Gasteiger partial charge in [0.1, 0.15) is 5.75 Å². The molecule has 122 valence electrons. The molecular formula is C18H19F2NO2. The van der Waals surface area contributed by atoms with Crippen LogP contribution in [0.5, 0.6) is 5.75 Å². The fraction of sp³-hybridized carbons (Fsp3) is 0.278. The zero-order valence-electron chi connectivity index (χ0n) is 13.1. The zero-order valence-corrected chi connectivity index (χ0v) is 13.1. The second-order valence-corrected chi connectivity index (χ2v) is 5.25. The number of carbonyl (C=O) groups is 1. The molecule has 0 aliphatic heterocycles. The summed E-state index contributed by atoms with van der Waals surface area (Å²) in [7, 11) is 0. The SMILES string of the molecule is CCc1ccc(OCC(=O)NC(C)c2ccc(F)c(F)c2)cc1. The topological polar surface area (TPSA) is 38.3 Å². The van der Waals surface area contributed by atoms with E-state index in [2.05, 4.69) is 12.2 Å². The number of hydrogen-bond donors (Lipinski definition) is 1. The van der Waals surface area contributed by atoms with Crippen molar-refractivity contribution in [1.82, 2.24) is 5.32 Å². The summed E-state index contributed by atoms with van der Waals surface area (Å²) in [6, 6.07) is 10.6. The van der Waals surface area contributed by atoms with Crippen molar-refractivity contribution in [3.63, 3.8) is 0 Å². The maximum absolute atomic E-state index is 13.2. The van der Waals surface area contributed by atoms with E-state index in [1.807, 2.05) is 24.3 Å². The van der Waals surface area contributed by atoms with Crippen LogP contribution in [-0.4, -0.2) is 12.5 Å². The summed E-state index contributed by atoms with van der Waals surface area (Å²) in [5.74, 6) is -1.57. The summed E-state index contributed by atoms with van der Waals surface area (Å²) >= 11 is 0. The molecular weight excluding hydrogens is 300 g/mol. The zero-order chi connectivity index (χ0) is 16.8. The first-order chi connectivity index (χ1) is 11.0. The molecule has 0 saturated heterocycles. The molecule has 0 radical (unpaired) electrons. The van der Waals surface area contributed by atoms with Gasteiger partial charge in [-0.2, -0.15) is 0 Å². The van der Waals surface area contributed by atoms with Gasteiger partial charge in [-0.1, -0.05) is 25.1 Å². The Bertz CT molecular complexity index is 671. The molecule has 3 nitrogen and oxygen atoms in total. The quantitative estimate of drug-likeness (QED) is 0.880. The third-order valence-electron chi connectivity index (χ3n) is 3.52. The van der Waals surface area contributed by atoms with Gasteiger partial charge in [-0.3, -0.25) is 4.79 Å². The smallest absolute Gasteiger partial charge is 0.258 e. The molecule has 23 heavy (non-hydrogen) atoms. The highest BCUT2D eigenvalue weighted by Crippen LogP contribution is 2.16. The first kappa shape index (κ1) is 16.9. The van der Waals surface area contributed by atoms with Crippen LogP contribution in [0.15, 0.2) is 42.5 Å². The maximum atomic E-state index is 13.2. The van der Waals surface area contributed by atoms with Gasteiger partial charge in [0.15, 0.2) is 18.2 Å². The van der Waals surface area contributed by atoms with Crippen molar-refractivity contribution < 1.29 is 18.3 Å². The third kappa shape index (κ3) is 4.77. The van der Waals surface area contributed by atoms with Gasteiger partial charge in [0.25, 0.3) is 5.91 Å². The summed E-state index contributed by atoms with van der Waals surface area (Å²) in [6.07, 6.45) is 0.937. The minimum Gasteiger partial charge on any atom is -0.484 e. The van der Waals surface area contributed by atoms with Crippen LogP contribution in [0, 0.1) is 11.6 Å². The average molecular weight is 319 g/mol. The predicted octanol–water partition coefficient (Wildman–Crippen LogP) is 3.78. The minimum atomic E-state index is -0.934. The summed E-state index contributed by atoms with van der Waals surface area (Å²) in [4.78, 5) is 11.9. The fourth-order valence-corrected chi connectivity index (χ4v) is 2.12. The van der Waals surface area contributed by atoms with E-state index in [1.54, 1.807) is 6.92 Å². The molecule has 1 N–H and O–H groups in total. The highest BCUT2D eigenvalue weighted by atomic mass is 19.2. The van der Waals surface area contributed by atoms with Crippen molar-refractivity contribution in [1.29, 1.82) is 0 Å². The highest BCUT2D eigenvalue weighted by molar-refractivity contribution is 5.78. The van der Waals surface area contributed by atoms with Crippen LogP contribution in [0.4, 0.5) is 8.78 Å². The van der Waals surface area contributed by atoms with Crippen molar-refractivity contribution in [2.24, 2.45) is 0 Å². The Balaban J connectivity index is 1.86. The van der Waals surface area contributed by atoms with Crippen LogP contribution in [0.2, 0.25) is 0 Å². The van der Waals surface area contributed by atoms with Crippen LogP contribution in [0.3, 0.4) is 0 Å². The molecule has 5 heteroatoms. The van der Waals surface area contributed by atoms with Crippen molar-refractivity contribution >= 4 is 5.91 Å². The van der Waals surface area contributed by atoms with E-state index >= 15 is 0 Å². The number of nitrogens with one attached hydrogen (secondary N) is 1. The van der Waals surface area contributed by atoms with Gasteiger partial charge < -0.3 is 10.1 Å². The molecule has 0 bridgehead atoms. The second-order valence-electron chi connectivity index (χ2n) is 5.25. The lowest BCUT2D eigenvalue weighted by atomic mass is 10.1. The van der Waals surface area contributed by atoms with Crippen molar-refractivity contribution in [3.05, 3.63) is 65.2 Å². The monoisotopic (exact) mass is 319 g/mol. The largest absolute Gasteiger partial charge is 0.484 e. The Kier molecular flexibility index (Phi) is 5.68.